The van der Waals surface area contributed by atoms with Crippen LogP contribution >= 0.6 is 0 Å². The van der Waals surface area contributed by atoms with Crippen LogP contribution < -0.4 is 0 Å². The number of nitrogens with zero attached hydrogens (tertiary/aromatic N) is 4. The molecule has 0 fully saturated rings. The van der Waals surface area contributed by atoms with Crippen LogP contribution in [-0.4, -0.2) is 39.2 Å². The number of hydrogen-bond acceptors (Lipinski definition) is 7. The van der Waals surface area contributed by atoms with Crippen molar-refractivity contribution in [3.63, 3.8) is 0 Å². The third-order valence-corrected chi connectivity index (χ3v) is 5.97. The van der Waals surface area contributed by atoms with Crippen molar-refractivity contribution >= 4 is 9.84 Å². The van der Waals surface area contributed by atoms with Gasteiger partial charge >= 0.3 is 0 Å². The Bertz CT molecular complexity index is 1060. The highest BCUT2D eigenvalue weighted by molar-refractivity contribution is 7.90. The molecule has 11 heteroatoms. The lowest BCUT2D eigenvalue weighted by Gasteiger charge is -2.28. The first-order valence-corrected chi connectivity index (χ1v) is 10.0. The van der Waals surface area contributed by atoms with Crippen LogP contribution in [0.4, 0.5) is 8.78 Å². The Hall–Kier alpha value is -2.66. The number of hydrogen-bond donors (Lipinski definition) is 1. The van der Waals surface area contributed by atoms with Gasteiger partial charge in [0, 0.05) is 17.2 Å². The molecule has 0 bridgehead atoms. The molecule has 0 saturated carbocycles. The van der Waals surface area contributed by atoms with Crippen LogP contribution in [0.25, 0.3) is 0 Å². The third-order valence-electron chi connectivity index (χ3n) is 4.33. The van der Waals surface area contributed by atoms with Crippen LogP contribution in [-0.2, 0) is 27.7 Å². The quantitative estimate of drug-likeness (QED) is 0.628. The lowest BCUT2D eigenvalue weighted by atomic mass is 9.95. The molecular formula is C17H18F2N4O4S. The van der Waals surface area contributed by atoms with Gasteiger partial charge in [-0.15, -0.1) is 0 Å². The second-order valence-electron chi connectivity index (χ2n) is 6.58. The fourth-order valence-electron chi connectivity index (χ4n) is 3.00. The summed E-state index contributed by atoms with van der Waals surface area (Å²) in [6.45, 7) is 2.78. The highest BCUT2D eigenvalue weighted by atomic mass is 32.2. The van der Waals surface area contributed by atoms with E-state index in [1.165, 1.54) is 17.3 Å². The van der Waals surface area contributed by atoms with Crippen molar-refractivity contribution in [1.82, 2.24) is 19.9 Å². The summed E-state index contributed by atoms with van der Waals surface area (Å²) in [5.41, 5.74) is -1.77. The van der Waals surface area contributed by atoms with E-state index in [1.54, 1.807) is 13.8 Å². The summed E-state index contributed by atoms with van der Waals surface area (Å²) in [6.07, 6.45) is 2.45. The summed E-state index contributed by atoms with van der Waals surface area (Å²) in [4.78, 5) is 3.73. The van der Waals surface area contributed by atoms with E-state index in [1.807, 2.05) is 0 Å². The van der Waals surface area contributed by atoms with Gasteiger partial charge in [-0.05, 0) is 19.9 Å². The van der Waals surface area contributed by atoms with E-state index in [2.05, 4.69) is 15.2 Å². The molecule has 3 rings (SSSR count). The van der Waals surface area contributed by atoms with Crippen molar-refractivity contribution in [1.29, 1.82) is 0 Å². The van der Waals surface area contributed by atoms with Crippen molar-refractivity contribution in [2.75, 3.05) is 5.75 Å². The molecule has 0 saturated heterocycles. The van der Waals surface area contributed by atoms with Gasteiger partial charge < -0.3 is 9.63 Å². The molecule has 1 unspecified atom stereocenters. The normalized spacial score (nSPS) is 14.2. The Labute approximate surface area is 159 Å². The minimum Gasteiger partial charge on any atom is -0.382 e. The fourth-order valence-corrected chi connectivity index (χ4v) is 4.93. The van der Waals surface area contributed by atoms with Crippen molar-refractivity contribution in [3.05, 3.63) is 65.1 Å². The van der Waals surface area contributed by atoms with E-state index in [4.69, 9.17) is 4.52 Å². The van der Waals surface area contributed by atoms with E-state index >= 15 is 0 Å². The van der Waals surface area contributed by atoms with Gasteiger partial charge in [-0.2, -0.15) is 5.10 Å². The topological polar surface area (TPSA) is 111 Å². The molecule has 28 heavy (non-hydrogen) atoms. The zero-order valence-electron chi connectivity index (χ0n) is 15.1. The molecule has 0 amide bonds. The molecular weight excluding hydrogens is 394 g/mol. The van der Waals surface area contributed by atoms with Gasteiger partial charge in [0.2, 0.25) is 0 Å². The first-order chi connectivity index (χ1) is 13.1. The van der Waals surface area contributed by atoms with E-state index in [0.29, 0.717) is 23.1 Å². The molecule has 1 N–H and O–H groups in total. The second-order valence-corrected chi connectivity index (χ2v) is 8.65. The standard InChI is InChI=1S/C17H18F2N4O4S/c1-11-14(12(2)27-22-11)6-28(25,26)8-17(24,7-23-10-20-9-21-23)15-4-3-13(18)5-16(15)19/h3-5,9-10,24H,6-8H2,1-2H3. The van der Waals surface area contributed by atoms with Crippen LogP contribution in [0.1, 0.15) is 22.6 Å². The Morgan fingerprint density at radius 3 is 2.61 bits per heavy atom. The van der Waals surface area contributed by atoms with Gasteiger partial charge in [0.05, 0.1) is 23.7 Å². The van der Waals surface area contributed by atoms with Gasteiger partial charge in [0.1, 0.15) is 35.7 Å². The predicted octanol–water partition coefficient (Wildman–Crippen LogP) is 1.66. The van der Waals surface area contributed by atoms with E-state index < -0.39 is 45.1 Å². The molecule has 0 aliphatic heterocycles. The number of aromatic nitrogens is 4. The summed E-state index contributed by atoms with van der Waals surface area (Å²) < 4.78 is 59.5. The minimum atomic E-state index is -3.96. The first kappa shape index (κ1) is 20.1. The Morgan fingerprint density at radius 2 is 2.04 bits per heavy atom. The zero-order valence-corrected chi connectivity index (χ0v) is 15.9. The maximum atomic E-state index is 14.4. The van der Waals surface area contributed by atoms with E-state index in [9.17, 15) is 22.3 Å². The lowest BCUT2D eigenvalue weighted by molar-refractivity contribution is 0.0343. The van der Waals surface area contributed by atoms with Crippen molar-refractivity contribution in [3.8, 4) is 0 Å². The second kappa shape index (κ2) is 7.40. The SMILES string of the molecule is Cc1noc(C)c1CS(=O)(=O)CC(O)(Cn1cncn1)c1ccc(F)cc1F. The van der Waals surface area contributed by atoms with Crippen LogP contribution in [0.15, 0.2) is 35.4 Å². The summed E-state index contributed by atoms with van der Waals surface area (Å²) >= 11 is 0. The zero-order chi connectivity index (χ0) is 20.5. The van der Waals surface area contributed by atoms with Crippen LogP contribution in [0.3, 0.4) is 0 Å². The van der Waals surface area contributed by atoms with Gasteiger partial charge in [0.15, 0.2) is 9.84 Å². The van der Waals surface area contributed by atoms with Crippen LogP contribution in [0.2, 0.25) is 0 Å². The Balaban J connectivity index is 1.99. The molecule has 3 aromatic rings. The smallest absolute Gasteiger partial charge is 0.157 e. The van der Waals surface area contributed by atoms with Crippen LogP contribution in [0, 0.1) is 25.5 Å². The monoisotopic (exact) mass is 412 g/mol. The molecule has 2 aromatic heterocycles. The number of aliphatic hydroxyl groups is 1. The Kier molecular flexibility index (Phi) is 5.31. The molecule has 1 atom stereocenters. The summed E-state index contributed by atoms with van der Waals surface area (Å²) in [7, 11) is -3.96. The number of benzene rings is 1. The average Bonchev–Trinajstić information content (AvgIpc) is 3.19. The van der Waals surface area contributed by atoms with Crippen molar-refractivity contribution in [2.24, 2.45) is 0 Å². The number of sulfone groups is 1. The number of halogens is 2. The summed E-state index contributed by atoms with van der Waals surface area (Å²) in [5.74, 6) is -2.84. The molecule has 8 nitrogen and oxygen atoms in total. The van der Waals surface area contributed by atoms with Gasteiger partial charge in [-0.3, -0.25) is 0 Å². The number of aryl methyl sites for hydroxylation is 2. The Morgan fingerprint density at radius 1 is 1.29 bits per heavy atom. The predicted molar refractivity (Wildman–Crippen MR) is 93.7 cm³/mol. The average molecular weight is 412 g/mol. The lowest BCUT2D eigenvalue weighted by Crippen LogP contribution is -2.40. The highest BCUT2D eigenvalue weighted by Crippen LogP contribution is 2.30. The highest BCUT2D eigenvalue weighted by Gasteiger charge is 2.39. The van der Waals surface area contributed by atoms with Gasteiger partial charge in [-0.1, -0.05) is 11.2 Å². The maximum absolute atomic E-state index is 14.4. The molecule has 0 radical (unpaired) electrons. The van der Waals surface area contributed by atoms with E-state index in [-0.39, 0.29) is 5.56 Å². The number of rotatable bonds is 7. The molecule has 0 spiro atoms. The van der Waals surface area contributed by atoms with Crippen LogP contribution in [0.5, 0.6) is 0 Å². The molecule has 0 aliphatic rings. The van der Waals surface area contributed by atoms with Gasteiger partial charge in [-0.25, -0.2) is 26.9 Å². The van der Waals surface area contributed by atoms with Crippen molar-refractivity contribution < 1.29 is 26.8 Å². The maximum Gasteiger partial charge on any atom is 0.157 e. The minimum absolute atomic E-state index is 0.342. The molecule has 2 heterocycles. The molecule has 0 aliphatic carbocycles. The molecule has 150 valence electrons. The first-order valence-electron chi connectivity index (χ1n) is 8.22. The van der Waals surface area contributed by atoms with Gasteiger partial charge in [0.25, 0.3) is 0 Å². The molecule has 1 aromatic carbocycles. The van der Waals surface area contributed by atoms with E-state index in [0.717, 1.165) is 12.1 Å². The summed E-state index contributed by atoms with van der Waals surface area (Å²) in [5, 5.41) is 18.7. The third kappa shape index (κ3) is 4.25. The fraction of sp³-hybridized carbons (Fsp3) is 0.353. The van der Waals surface area contributed by atoms with Crippen molar-refractivity contribution in [2.45, 2.75) is 31.7 Å². The summed E-state index contributed by atoms with van der Waals surface area (Å²) in [6, 6.07) is 2.56. The largest absolute Gasteiger partial charge is 0.382 e.